The van der Waals surface area contributed by atoms with Crippen LogP contribution in [0.4, 0.5) is 8.78 Å². The highest BCUT2D eigenvalue weighted by atomic mass is 19.2. The highest BCUT2D eigenvalue weighted by Gasteiger charge is 2.28. The third kappa shape index (κ3) is 5.74. The quantitative estimate of drug-likeness (QED) is 0.681. The standard InChI is InChI=1S/C21H24F2N2O3/c22-18-7-6-15(12-19(18)23)17-8-9-24-13-20(17)25-21(26)14-27-10-11-28-16-4-2-1-3-5-16/h1-7,12,17,20,24H,8-11,13-14H2,(H,25,26). The van der Waals surface area contributed by atoms with Gasteiger partial charge < -0.3 is 20.1 Å². The van der Waals surface area contributed by atoms with Gasteiger partial charge in [0.15, 0.2) is 11.6 Å². The number of benzene rings is 2. The van der Waals surface area contributed by atoms with Crippen LogP contribution in [-0.4, -0.2) is 44.9 Å². The van der Waals surface area contributed by atoms with Gasteiger partial charge in [-0.05, 0) is 42.8 Å². The number of carbonyl (C=O) groups is 1. The zero-order valence-corrected chi connectivity index (χ0v) is 15.5. The van der Waals surface area contributed by atoms with E-state index < -0.39 is 11.6 Å². The SMILES string of the molecule is O=C(COCCOc1ccccc1)NC1CNCCC1c1ccc(F)c(F)c1. The first-order chi connectivity index (χ1) is 13.6. The van der Waals surface area contributed by atoms with E-state index in [2.05, 4.69) is 10.6 Å². The Morgan fingerprint density at radius 1 is 1.11 bits per heavy atom. The molecular formula is C21H24F2N2O3. The number of piperidine rings is 1. The maximum absolute atomic E-state index is 13.6. The number of hydrogen-bond donors (Lipinski definition) is 2. The van der Waals surface area contributed by atoms with Crippen LogP contribution < -0.4 is 15.4 Å². The molecule has 28 heavy (non-hydrogen) atoms. The van der Waals surface area contributed by atoms with E-state index in [1.807, 2.05) is 30.3 Å². The molecule has 5 nitrogen and oxygen atoms in total. The third-order valence-corrected chi connectivity index (χ3v) is 4.67. The molecule has 1 saturated heterocycles. The maximum atomic E-state index is 13.6. The first kappa shape index (κ1) is 20.2. The molecule has 1 aliphatic rings. The minimum atomic E-state index is -0.872. The van der Waals surface area contributed by atoms with Gasteiger partial charge in [0.25, 0.3) is 0 Å². The van der Waals surface area contributed by atoms with Crippen molar-refractivity contribution in [2.75, 3.05) is 32.9 Å². The van der Waals surface area contributed by atoms with E-state index in [0.29, 0.717) is 18.7 Å². The van der Waals surface area contributed by atoms with Crippen molar-refractivity contribution in [2.24, 2.45) is 0 Å². The zero-order chi connectivity index (χ0) is 19.8. The number of halogens is 2. The van der Waals surface area contributed by atoms with Gasteiger partial charge in [-0.25, -0.2) is 8.78 Å². The summed E-state index contributed by atoms with van der Waals surface area (Å²) < 4.78 is 37.6. The smallest absolute Gasteiger partial charge is 0.246 e. The lowest BCUT2D eigenvalue weighted by molar-refractivity contribution is -0.126. The van der Waals surface area contributed by atoms with Gasteiger partial charge in [0.2, 0.25) is 5.91 Å². The largest absolute Gasteiger partial charge is 0.491 e. The molecule has 0 saturated carbocycles. The second kappa shape index (κ2) is 10.1. The summed E-state index contributed by atoms with van der Waals surface area (Å²) in [7, 11) is 0. The Labute approximate surface area is 163 Å². The van der Waals surface area contributed by atoms with E-state index in [1.54, 1.807) is 6.07 Å². The molecule has 2 atom stereocenters. The predicted molar refractivity (Wildman–Crippen MR) is 101 cm³/mol. The van der Waals surface area contributed by atoms with E-state index in [4.69, 9.17) is 9.47 Å². The van der Waals surface area contributed by atoms with Crippen molar-refractivity contribution >= 4 is 5.91 Å². The second-order valence-corrected chi connectivity index (χ2v) is 6.66. The van der Waals surface area contributed by atoms with Crippen LogP contribution >= 0.6 is 0 Å². The average Bonchev–Trinajstić information content (AvgIpc) is 2.71. The van der Waals surface area contributed by atoms with E-state index in [-0.39, 0.29) is 31.1 Å². The third-order valence-electron chi connectivity index (χ3n) is 4.67. The summed E-state index contributed by atoms with van der Waals surface area (Å²) in [5.74, 6) is -1.33. The topological polar surface area (TPSA) is 59.6 Å². The van der Waals surface area contributed by atoms with Crippen molar-refractivity contribution in [3.63, 3.8) is 0 Å². The van der Waals surface area contributed by atoms with Gasteiger partial charge in [0.1, 0.15) is 19.0 Å². The molecule has 3 rings (SSSR count). The van der Waals surface area contributed by atoms with Crippen LogP contribution in [-0.2, 0) is 9.53 Å². The monoisotopic (exact) mass is 390 g/mol. The Morgan fingerprint density at radius 3 is 2.71 bits per heavy atom. The number of rotatable bonds is 8. The average molecular weight is 390 g/mol. The molecule has 0 spiro atoms. The summed E-state index contributed by atoms with van der Waals surface area (Å²) >= 11 is 0. The molecule has 7 heteroatoms. The lowest BCUT2D eigenvalue weighted by Crippen LogP contribution is -2.50. The fourth-order valence-electron chi connectivity index (χ4n) is 3.30. The first-order valence-electron chi connectivity index (χ1n) is 9.34. The number of ether oxygens (including phenoxy) is 2. The molecule has 150 valence electrons. The van der Waals surface area contributed by atoms with Crippen molar-refractivity contribution in [3.05, 3.63) is 65.7 Å². The molecule has 1 heterocycles. The van der Waals surface area contributed by atoms with Crippen LogP contribution in [0.2, 0.25) is 0 Å². The van der Waals surface area contributed by atoms with E-state index in [0.717, 1.165) is 24.8 Å². The zero-order valence-electron chi connectivity index (χ0n) is 15.5. The Morgan fingerprint density at radius 2 is 1.93 bits per heavy atom. The lowest BCUT2D eigenvalue weighted by Gasteiger charge is -2.33. The van der Waals surface area contributed by atoms with Gasteiger partial charge in [-0.2, -0.15) is 0 Å². The van der Waals surface area contributed by atoms with Gasteiger partial charge >= 0.3 is 0 Å². The fraction of sp³-hybridized carbons (Fsp3) is 0.381. The predicted octanol–water partition coefficient (Wildman–Crippen LogP) is 2.62. The highest BCUT2D eigenvalue weighted by molar-refractivity contribution is 5.77. The Bertz CT molecular complexity index is 774. The van der Waals surface area contributed by atoms with Gasteiger partial charge in [-0.1, -0.05) is 24.3 Å². The summed E-state index contributed by atoms with van der Waals surface area (Å²) in [5.41, 5.74) is 0.683. The number of carbonyl (C=O) groups excluding carboxylic acids is 1. The van der Waals surface area contributed by atoms with Crippen LogP contribution in [0, 0.1) is 11.6 Å². The van der Waals surface area contributed by atoms with E-state index in [9.17, 15) is 13.6 Å². The maximum Gasteiger partial charge on any atom is 0.246 e. The number of hydrogen-bond acceptors (Lipinski definition) is 4. The fourth-order valence-corrected chi connectivity index (χ4v) is 3.30. The van der Waals surface area contributed by atoms with Crippen LogP contribution in [0.3, 0.4) is 0 Å². The number of para-hydroxylation sites is 1. The second-order valence-electron chi connectivity index (χ2n) is 6.66. The van der Waals surface area contributed by atoms with Gasteiger partial charge in [-0.3, -0.25) is 4.79 Å². The summed E-state index contributed by atoms with van der Waals surface area (Å²) in [6.45, 7) is 1.87. The molecule has 0 bridgehead atoms. The highest BCUT2D eigenvalue weighted by Crippen LogP contribution is 2.27. The van der Waals surface area contributed by atoms with Crippen molar-refractivity contribution in [1.82, 2.24) is 10.6 Å². The van der Waals surface area contributed by atoms with Gasteiger partial charge in [0, 0.05) is 18.5 Å². The minimum absolute atomic E-state index is 0.0817. The molecule has 1 aliphatic heterocycles. The van der Waals surface area contributed by atoms with Crippen molar-refractivity contribution < 1.29 is 23.0 Å². The summed E-state index contributed by atoms with van der Waals surface area (Å²) in [6, 6.07) is 13.1. The summed E-state index contributed by atoms with van der Waals surface area (Å²) in [5, 5.41) is 6.14. The van der Waals surface area contributed by atoms with Gasteiger partial charge in [-0.15, -0.1) is 0 Å². The molecular weight excluding hydrogens is 366 g/mol. The molecule has 2 N–H and O–H groups in total. The molecule has 2 aromatic carbocycles. The first-order valence-corrected chi connectivity index (χ1v) is 9.34. The van der Waals surface area contributed by atoms with Crippen LogP contribution in [0.15, 0.2) is 48.5 Å². The van der Waals surface area contributed by atoms with Crippen molar-refractivity contribution in [3.8, 4) is 5.75 Å². The molecule has 2 aromatic rings. The van der Waals surface area contributed by atoms with Crippen LogP contribution in [0.25, 0.3) is 0 Å². The lowest BCUT2D eigenvalue weighted by atomic mass is 9.86. The normalized spacial score (nSPS) is 19.2. The molecule has 1 amide bonds. The number of nitrogens with one attached hydrogen (secondary N) is 2. The molecule has 0 radical (unpaired) electrons. The molecule has 2 unspecified atom stereocenters. The Hall–Kier alpha value is -2.51. The van der Waals surface area contributed by atoms with Crippen LogP contribution in [0.1, 0.15) is 17.9 Å². The molecule has 1 fully saturated rings. The molecule has 0 aromatic heterocycles. The Kier molecular flexibility index (Phi) is 7.33. The van der Waals surface area contributed by atoms with Crippen molar-refractivity contribution in [1.29, 1.82) is 0 Å². The van der Waals surface area contributed by atoms with Gasteiger partial charge in [0.05, 0.1) is 6.61 Å². The summed E-state index contributed by atoms with van der Waals surface area (Å²) in [4.78, 5) is 12.2. The minimum Gasteiger partial charge on any atom is -0.491 e. The van der Waals surface area contributed by atoms with E-state index in [1.165, 1.54) is 6.07 Å². The van der Waals surface area contributed by atoms with Crippen molar-refractivity contribution in [2.45, 2.75) is 18.4 Å². The van der Waals surface area contributed by atoms with E-state index >= 15 is 0 Å². The summed E-state index contributed by atoms with van der Waals surface area (Å²) in [6.07, 6.45) is 0.724. The molecule has 0 aliphatic carbocycles. The number of amides is 1. The Balaban J connectivity index is 1.44. The van der Waals surface area contributed by atoms with Crippen LogP contribution in [0.5, 0.6) is 5.75 Å².